The summed E-state index contributed by atoms with van der Waals surface area (Å²) in [4.78, 5) is 23.9. The number of ether oxygens (including phenoxy) is 1. The van der Waals surface area contributed by atoms with Crippen LogP contribution in [0.15, 0.2) is 23.1 Å². The summed E-state index contributed by atoms with van der Waals surface area (Å²) in [5, 5.41) is 21.7. The fraction of sp³-hybridized carbons (Fsp3) is 0.412. The SMILES string of the molecule is CC(C)n1cc(C(=O)O)c(=O)c2cc(NCCOCCO)c(Cl)cc21. The fourth-order valence-electron chi connectivity index (χ4n) is 2.51. The molecule has 1 aromatic carbocycles. The average molecular weight is 369 g/mol. The first kappa shape index (κ1) is 19.2. The molecule has 2 rings (SSSR count). The maximum absolute atomic E-state index is 12.5. The fourth-order valence-corrected chi connectivity index (χ4v) is 2.73. The molecule has 3 N–H and O–H groups in total. The number of aliphatic hydroxyl groups excluding tert-OH is 1. The molecule has 7 nitrogen and oxygen atoms in total. The number of nitrogens with zero attached hydrogens (tertiary/aromatic N) is 1. The number of pyridine rings is 1. The zero-order valence-corrected chi connectivity index (χ0v) is 14.8. The number of halogens is 1. The molecular formula is C17H21ClN2O5. The Morgan fingerprint density at radius 3 is 2.68 bits per heavy atom. The quantitative estimate of drug-likeness (QED) is 0.618. The molecule has 25 heavy (non-hydrogen) atoms. The van der Waals surface area contributed by atoms with E-state index in [1.807, 2.05) is 13.8 Å². The minimum atomic E-state index is -1.26. The molecule has 0 saturated carbocycles. The molecule has 0 fully saturated rings. The molecule has 0 unspecified atom stereocenters. The first-order valence-corrected chi connectivity index (χ1v) is 8.28. The lowest BCUT2D eigenvalue weighted by atomic mass is 10.1. The van der Waals surface area contributed by atoms with Gasteiger partial charge >= 0.3 is 5.97 Å². The van der Waals surface area contributed by atoms with Gasteiger partial charge in [-0.05, 0) is 26.0 Å². The predicted molar refractivity (Wildman–Crippen MR) is 97.0 cm³/mol. The summed E-state index contributed by atoms with van der Waals surface area (Å²) in [6.07, 6.45) is 1.35. The van der Waals surface area contributed by atoms with E-state index in [-0.39, 0.29) is 30.2 Å². The highest BCUT2D eigenvalue weighted by Gasteiger charge is 2.17. The molecule has 0 bridgehead atoms. The molecule has 0 radical (unpaired) electrons. The van der Waals surface area contributed by atoms with Crippen LogP contribution in [0.4, 0.5) is 5.69 Å². The molecule has 0 aliphatic rings. The first-order valence-electron chi connectivity index (χ1n) is 7.91. The number of benzene rings is 1. The molecule has 0 spiro atoms. The molecule has 0 aliphatic carbocycles. The van der Waals surface area contributed by atoms with E-state index >= 15 is 0 Å². The molecular weight excluding hydrogens is 348 g/mol. The Kier molecular flexibility index (Phi) is 6.41. The van der Waals surface area contributed by atoms with Crippen LogP contribution in [0.2, 0.25) is 5.02 Å². The molecule has 1 heterocycles. The normalized spacial score (nSPS) is 11.2. The van der Waals surface area contributed by atoms with Gasteiger partial charge in [0.05, 0.1) is 36.0 Å². The number of anilines is 1. The first-order chi connectivity index (χ1) is 11.9. The number of hydrogen-bond acceptors (Lipinski definition) is 5. The highest BCUT2D eigenvalue weighted by atomic mass is 35.5. The van der Waals surface area contributed by atoms with Crippen LogP contribution < -0.4 is 10.7 Å². The van der Waals surface area contributed by atoms with Gasteiger partial charge in [0.15, 0.2) is 0 Å². The predicted octanol–water partition coefficient (Wildman–Crippen LogP) is 2.35. The topological polar surface area (TPSA) is 101 Å². The zero-order chi connectivity index (χ0) is 18.6. The molecule has 0 atom stereocenters. The maximum Gasteiger partial charge on any atom is 0.341 e. The summed E-state index contributed by atoms with van der Waals surface area (Å²) in [6.45, 7) is 4.78. The summed E-state index contributed by atoms with van der Waals surface area (Å²) in [5.41, 5.74) is 0.283. The average Bonchev–Trinajstić information content (AvgIpc) is 2.55. The minimum Gasteiger partial charge on any atom is -0.477 e. The van der Waals surface area contributed by atoms with Crippen molar-refractivity contribution in [1.29, 1.82) is 0 Å². The smallest absolute Gasteiger partial charge is 0.341 e. The van der Waals surface area contributed by atoms with Crippen molar-refractivity contribution in [2.45, 2.75) is 19.9 Å². The molecule has 0 amide bonds. The van der Waals surface area contributed by atoms with Gasteiger partial charge in [-0.25, -0.2) is 4.79 Å². The van der Waals surface area contributed by atoms with Crippen molar-refractivity contribution in [3.8, 4) is 0 Å². The molecule has 0 aliphatic heterocycles. The standard InChI is InChI=1S/C17H21ClN2O5/c1-10(2)20-9-12(17(23)24)16(22)11-7-14(13(18)8-15(11)20)19-3-5-25-6-4-21/h7-10,19,21H,3-6H2,1-2H3,(H,23,24). The summed E-state index contributed by atoms with van der Waals surface area (Å²) >= 11 is 6.30. The van der Waals surface area contributed by atoms with E-state index in [2.05, 4.69) is 5.32 Å². The summed E-state index contributed by atoms with van der Waals surface area (Å²) in [5.74, 6) is -1.26. The second kappa shape index (κ2) is 8.33. The van der Waals surface area contributed by atoms with Gasteiger partial charge in [-0.1, -0.05) is 11.6 Å². The van der Waals surface area contributed by atoms with Crippen LogP contribution in [0.1, 0.15) is 30.2 Å². The van der Waals surface area contributed by atoms with E-state index < -0.39 is 11.4 Å². The van der Waals surface area contributed by atoms with Gasteiger partial charge in [0.25, 0.3) is 0 Å². The van der Waals surface area contributed by atoms with Gasteiger partial charge < -0.3 is 24.8 Å². The third-order valence-corrected chi connectivity index (χ3v) is 4.02. The van der Waals surface area contributed by atoms with Crippen LogP contribution in [0.5, 0.6) is 0 Å². The van der Waals surface area contributed by atoms with Crippen molar-refractivity contribution in [2.75, 3.05) is 31.7 Å². The number of aromatic carboxylic acids is 1. The van der Waals surface area contributed by atoms with E-state index in [9.17, 15) is 14.7 Å². The van der Waals surface area contributed by atoms with Crippen molar-refractivity contribution in [3.63, 3.8) is 0 Å². The van der Waals surface area contributed by atoms with Crippen LogP contribution in [-0.4, -0.2) is 47.1 Å². The zero-order valence-electron chi connectivity index (χ0n) is 14.1. The van der Waals surface area contributed by atoms with E-state index in [0.29, 0.717) is 29.4 Å². The largest absolute Gasteiger partial charge is 0.477 e. The maximum atomic E-state index is 12.5. The Balaban J connectivity index is 2.47. The van der Waals surface area contributed by atoms with Gasteiger partial charge in [0, 0.05) is 24.2 Å². The van der Waals surface area contributed by atoms with Crippen molar-refractivity contribution in [2.24, 2.45) is 0 Å². The van der Waals surface area contributed by atoms with Gasteiger partial charge in [-0.2, -0.15) is 0 Å². The van der Waals surface area contributed by atoms with Crippen molar-refractivity contribution >= 4 is 34.2 Å². The number of rotatable bonds is 8. The Morgan fingerprint density at radius 2 is 2.08 bits per heavy atom. The number of fused-ring (bicyclic) bond motifs is 1. The van der Waals surface area contributed by atoms with E-state index in [0.717, 1.165) is 0 Å². The molecule has 0 saturated heterocycles. The minimum absolute atomic E-state index is 0.0389. The van der Waals surface area contributed by atoms with E-state index in [1.165, 1.54) is 6.20 Å². The second-order valence-corrected chi connectivity index (χ2v) is 6.20. The number of carboxylic acids is 1. The molecule has 8 heteroatoms. The third kappa shape index (κ3) is 4.31. The number of nitrogens with one attached hydrogen (secondary N) is 1. The van der Waals surface area contributed by atoms with Crippen LogP contribution in [0, 0.1) is 0 Å². The molecule has 2 aromatic rings. The lowest BCUT2D eigenvalue weighted by molar-refractivity contribution is 0.0694. The lowest BCUT2D eigenvalue weighted by Crippen LogP contribution is -2.20. The van der Waals surface area contributed by atoms with Crippen molar-refractivity contribution in [1.82, 2.24) is 4.57 Å². The molecule has 1 aromatic heterocycles. The van der Waals surface area contributed by atoms with Crippen LogP contribution in [0.25, 0.3) is 10.9 Å². The summed E-state index contributed by atoms with van der Waals surface area (Å²) < 4.78 is 6.88. The van der Waals surface area contributed by atoms with Crippen LogP contribution in [0.3, 0.4) is 0 Å². The number of aliphatic hydroxyl groups is 1. The Labute approximate surface area is 149 Å². The number of hydrogen-bond donors (Lipinski definition) is 3. The number of aromatic nitrogens is 1. The Bertz CT molecular complexity index is 832. The highest BCUT2D eigenvalue weighted by Crippen LogP contribution is 2.28. The second-order valence-electron chi connectivity index (χ2n) is 5.79. The highest BCUT2D eigenvalue weighted by molar-refractivity contribution is 6.34. The number of carboxylic acid groups (broad SMARTS) is 1. The third-order valence-electron chi connectivity index (χ3n) is 3.71. The van der Waals surface area contributed by atoms with Crippen molar-refractivity contribution in [3.05, 3.63) is 39.1 Å². The van der Waals surface area contributed by atoms with Gasteiger partial charge in [-0.15, -0.1) is 0 Å². The Hall–Kier alpha value is -2.09. The van der Waals surface area contributed by atoms with E-state index in [1.54, 1.807) is 16.7 Å². The monoisotopic (exact) mass is 368 g/mol. The Morgan fingerprint density at radius 1 is 1.36 bits per heavy atom. The van der Waals surface area contributed by atoms with Gasteiger partial charge in [-0.3, -0.25) is 4.79 Å². The summed E-state index contributed by atoms with van der Waals surface area (Å²) in [7, 11) is 0. The van der Waals surface area contributed by atoms with Crippen LogP contribution >= 0.6 is 11.6 Å². The summed E-state index contributed by atoms with van der Waals surface area (Å²) in [6, 6.07) is 3.18. The van der Waals surface area contributed by atoms with Gasteiger partial charge in [0.1, 0.15) is 5.56 Å². The number of carbonyl (C=O) groups is 1. The van der Waals surface area contributed by atoms with Crippen LogP contribution in [-0.2, 0) is 4.74 Å². The van der Waals surface area contributed by atoms with E-state index in [4.69, 9.17) is 21.4 Å². The van der Waals surface area contributed by atoms with Crippen molar-refractivity contribution < 1.29 is 19.7 Å². The lowest BCUT2D eigenvalue weighted by Gasteiger charge is -2.17. The molecule has 136 valence electrons. The van der Waals surface area contributed by atoms with Gasteiger partial charge in [0.2, 0.25) is 5.43 Å².